The Morgan fingerprint density at radius 2 is 1.56 bits per heavy atom. The lowest BCUT2D eigenvalue weighted by Crippen LogP contribution is -2.67. The third-order valence-electron chi connectivity index (χ3n) is 5.41. The zero-order chi connectivity index (χ0) is 19.5. The van der Waals surface area contributed by atoms with Gasteiger partial charge in [0, 0.05) is 6.42 Å². The molecule has 1 saturated heterocycles. The molecule has 3 nitrogen and oxygen atoms in total. The monoisotopic (exact) mass is 381 g/mol. The average Bonchev–Trinajstić information content (AvgIpc) is 3.03. The van der Waals surface area contributed by atoms with Gasteiger partial charge in [-0.25, -0.2) is 0 Å². The molecule has 4 heteroatoms. The molecule has 0 saturated carbocycles. The van der Waals surface area contributed by atoms with Crippen LogP contribution in [0.15, 0.2) is 60.7 Å². The Morgan fingerprint density at radius 1 is 1.04 bits per heavy atom. The van der Waals surface area contributed by atoms with Crippen molar-refractivity contribution in [1.82, 2.24) is 0 Å². The molecule has 1 radical (unpaired) electrons. The van der Waals surface area contributed by atoms with Crippen molar-refractivity contribution >= 4 is 24.7 Å². The van der Waals surface area contributed by atoms with Crippen LogP contribution in [-0.2, 0) is 14.0 Å². The molecule has 2 aromatic rings. The van der Waals surface area contributed by atoms with Crippen molar-refractivity contribution in [2.75, 3.05) is 6.61 Å². The van der Waals surface area contributed by atoms with E-state index in [0.29, 0.717) is 13.0 Å². The molecule has 143 valence electrons. The Balaban J connectivity index is 1.98. The Kier molecular flexibility index (Phi) is 5.87. The van der Waals surface area contributed by atoms with Gasteiger partial charge in [-0.05, 0) is 21.8 Å². The summed E-state index contributed by atoms with van der Waals surface area (Å²) in [7, 11) is -2.57. The van der Waals surface area contributed by atoms with E-state index in [1.165, 1.54) is 10.4 Å². The normalized spacial score (nSPS) is 20.5. The molecule has 0 bridgehead atoms. The van der Waals surface area contributed by atoms with Crippen LogP contribution in [0.4, 0.5) is 0 Å². The second-order valence-electron chi connectivity index (χ2n) is 8.21. The van der Waals surface area contributed by atoms with Crippen LogP contribution in [0.25, 0.3) is 0 Å². The van der Waals surface area contributed by atoms with Crippen LogP contribution in [0.3, 0.4) is 0 Å². The van der Waals surface area contributed by atoms with Crippen LogP contribution < -0.4 is 10.4 Å². The zero-order valence-corrected chi connectivity index (χ0v) is 17.6. The van der Waals surface area contributed by atoms with Gasteiger partial charge in [0.15, 0.2) is 0 Å². The van der Waals surface area contributed by atoms with Gasteiger partial charge in [0.25, 0.3) is 8.32 Å². The molecule has 27 heavy (non-hydrogen) atoms. The second kappa shape index (κ2) is 7.99. The topological polar surface area (TPSA) is 35.5 Å². The highest BCUT2D eigenvalue weighted by Gasteiger charge is 2.51. The highest BCUT2D eigenvalue weighted by atomic mass is 28.4. The first-order valence-corrected chi connectivity index (χ1v) is 11.5. The first-order chi connectivity index (χ1) is 12.9. The van der Waals surface area contributed by atoms with Crippen molar-refractivity contribution in [2.24, 2.45) is 5.92 Å². The number of rotatable bonds is 6. The zero-order valence-electron chi connectivity index (χ0n) is 16.6. The smallest absolute Gasteiger partial charge is 0.309 e. The fourth-order valence-electron chi connectivity index (χ4n) is 4.03. The molecular formula is C23H29O3Si. The minimum absolute atomic E-state index is 0.0748. The van der Waals surface area contributed by atoms with E-state index in [9.17, 15) is 4.79 Å². The summed E-state index contributed by atoms with van der Waals surface area (Å²) < 4.78 is 12.4. The van der Waals surface area contributed by atoms with Crippen LogP contribution in [0.5, 0.6) is 0 Å². The maximum absolute atomic E-state index is 12.0. The molecule has 0 aromatic heterocycles. The van der Waals surface area contributed by atoms with Crippen LogP contribution in [0.1, 0.15) is 34.1 Å². The van der Waals surface area contributed by atoms with Crippen molar-refractivity contribution in [1.29, 1.82) is 0 Å². The molecule has 2 atom stereocenters. The fourth-order valence-corrected chi connectivity index (χ4v) is 8.62. The van der Waals surface area contributed by atoms with Gasteiger partial charge >= 0.3 is 5.97 Å². The van der Waals surface area contributed by atoms with Gasteiger partial charge in [-0.1, -0.05) is 88.4 Å². The number of esters is 1. The molecule has 1 unspecified atom stereocenters. The minimum atomic E-state index is -2.57. The van der Waals surface area contributed by atoms with Gasteiger partial charge in [0.05, 0.1) is 12.5 Å². The molecule has 1 heterocycles. The molecule has 1 aliphatic rings. The predicted octanol–water partition coefficient (Wildman–Crippen LogP) is 3.72. The van der Waals surface area contributed by atoms with E-state index in [0.717, 1.165) is 0 Å². The molecule has 0 amide bonds. The van der Waals surface area contributed by atoms with E-state index in [1.807, 2.05) is 25.5 Å². The Morgan fingerprint density at radius 3 is 1.96 bits per heavy atom. The van der Waals surface area contributed by atoms with Gasteiger partial charge < -0.3 is 9.16 Å². The number of carbonyl (C=O) groups excluding carboxylic acids is 1. The van der Waals surface area contributed by atoms with Crippen LogP contribution in [0.2, 0.25) is 5.04 Å². The summed E-state index contributed by atoms with van der Waals surface area (Å²) in [5.41, 5.74) is 0. The minimum Gasteiger partial charge on any atom is -0.460 e. The summed E-state index contributed by atoms with van der Waals surface area (Å²) in [5.74, 6) is -0.244. The summed E-state index contributed by atoms with van der Waals surface area (Å²) in [5, 5.41) is 2.41. The van der Waals surface area contributed by atoms with Crippen molar-refractivity contribution in [3.8, 4) is 0 Å². The van der Waals surface area contributed by atoms with Crippen molar-refractivity contribution in [3.63, 3.8) is 0 Å². The first-order valence-electron chi connectivity index (χ1n) is 9.63. The largest absolute Gasteiger partial charge is 0.460 e. The number of ether oxygens (including phenoxy) is 1. The van der Waals surface area contributed by atoms with Crippen LogP contribution in [-0.4, -0.2) is 27.0 Å². The Labute approximate surface area is 163 Å². The third kappa shape index (κ3) is 3.87. The molecule has 2 aromatic carbocycles. The molecule has 1 fully saturated rings. The Hall–Kier alpha value is -1.91. The number of cyclic esters (lactones) is 1. The summed E-state index contributed by atoms with van der Waals surface area (Å²) in [6.07, 6.45) is 2.44. The molecular weight excluding hydrogens is 352 g/mol. The predicted molar refractivity (Wildman–Crippen MR) is 112 cm³/mol. The summed E-state index contributed by atoms with van der Waals surface area (Å²) in [6, 6.07) is 21.1. The van der Waals surface area contributed by atoms with E-state index >= 15 is 0 Å². The molecule has 0 aliphatic carbocycles. The van der Waals surface area contributed by atoms with Crippen LogP contribution in [0, 0.1) is 12.3 Å². The van der Waals surface area contributed by atoms with E-state index in [-0.39, 0.29) is 23.0 Å². The molecule has 3 rings (SSSR count). The van der Waals surface area contributed by atoms with Crippen molar-refractivity contribution in [2.45, 2.75) is 45.3 Å². The molecule has 0 spiro atoms. The van der Waals surface area contributed by atoms with E-state index in [2.05, 4.69) is 69.3 Å². The van der Waals surface area contributed by atoms with E-state index in [1.54, 1.807) is 0 Å². The molecule has 0 N–H and O–H groups in total. The summed E-state index contributed by atoms with van der Waals surface area (Å²) in [4.78, 5) is 12.0. The lowest BCUT2D eigenvalue weighted by Gasteiger charge is -2.43. The lowest BCUT2D eigenvalue weighted by molar-refractivity contribution is -0.144. The third-order valence-corrected chi connectivity index (χ3v) is 10.4. The average molecular weight is 382 g/mol. The molecule has 1 aliphatic heterocycles. The van der Waals surface area contributed by atoms with Gasteiger partial charge in [-0.2, -0.15) is 0 Å². The van der Waals surface area contributed by atoms with Gasteiger partial charge in [0.2, 0.25) is 0 Å². The first kappa shape index (κ1) is 19.8. The lowest BCUT2D eigenvalue weighted by atomic mass is 10.0. The maximum Gasteiger partial charge on any atom is 0.309 e. The Bertz CT molecular complexity index is 713. The highest BCUT2D eigenvalue weighted by Crippen LogP contribution is 2.37. The van der Waals surface area contributed by atoms with E-state index < -0.39 is 8.32 Å². The SMILES string of the molecule is C[CH]C1C[C@@H](CO[Si](c2ccccc2)(c2ccccc2)C(C)(C)C)OC1=O. The van der Waals surface area contributed by atoms with Crippen molar-refractivity contribution < 1.29 is 14.0 Å². The highest BCUT2D eigenvalue weighted by molar-refractivity contribution is 6.99. The van der Waals surface area contributed by atoms with Gasteiger partial charge in [-0.15, -0.1) is 0 Å². The quantitative estimate of drug-likeness (QED) is 0.565. The summed E-state index contributed by atoms with van der Waals surface area (Å²) in [6.45, 7) is 9.11. The van der Waals surface area contributed by atoms with E-state index in [4.69, 9.17) is 9.16 Å². The maximum atomic E-state index is 12.0. The standard InChI is InChI=1S/C23H29O3Si/c1-5-18-16-19(26-22(18)24)17-25-27(23(2,3)4,20-12-8-6-9-13-20)21-14-10-7-11-15-21/h5-15,18-19H,16-17H2,1-4H3/t18?,19-/m0/s1. The fraction of sp³-hybridized carbons (Fsp3) is 0.391. The number of hydrogen-bond donors (Lipinski definition) is 0. The van der Waals surface area contributed by atoms with Crippen LogP contribution >= 0.6 is 0 Å². The van der Waals surface area contributed by atoms with Crippen molar-refractivity contribution in [3.05, 3.63) is 67.1 Å². The number of hydrogen-bond acceptors (Lipinski definition) is 3. The van der Waals surface area contributed by atoms with Gasteiger partial charge in [0.1, 0.15) is 6.10 Å². The van der Waals surface area contributed by atoms with Gasteiger partial charge in [-0.3, -0.25) is 4.79 Å². The number of benzene rings is 2. The number of carbonyl (C=O) groups is 1. The second-order valence-corrected chi connectivity index (χ2v) is 12.5. The summed E-state index contributed by atoms with van der Waals surface area (Å²) >= 11 is 0.